The molecule has 1 aromatic heterocycles. The van der Waals surface area contributed by atoms with Crippen LogP contribution in [0.15, 0.2) is 53.1 Å². The molecule has 25 heavy (non-hydrogen) atoms. The van der Waals surface area contributed by atoms with E-state index in [0.717, 1.165) is 12.1 Å². The quantitative estimate of drug-likeness (QED) is 0.766. The van der Waals surface area contributed by atoms with E-state index in [9.17, 15) is 18.0 Å². The lowest BCUT2D eigenvalue weighted by molar-refractivity contribution is 0.0953. The van der Waals surface area contributed by atoms with Crippen LogP contribution in [0.25, 0.3) is 11.5 Å². The largest absolute Gasteiger partial charge is 0.444 e. The van der Waals surface area contributed by atoms with Crippen LogP contribution in [0.3, 0.4) is 0 Å². The average molecular weight is 346 g/mol. The van der Waals surface area contributed by atoms with Gasteiger partial charge in [-0.05, 0) is 36.4 Å². The third-order valence-corrected chi connectivity index (χ3v) is 3.43. The molecule has 1 heterocycles. The highest BCUT2D eigenvalue weighted by atomic mass is 19.1. The van der Waals surface area contributed by atoms with Crippen LogP contribution in [0.1, 0.15) is 16.1 Å². The summed E-state index contributed by atoms with van der Waals surface area (Å²) in [7, 11) is 0. The number of nitrogens with zero attached hydrogens (tertiary/aromatic N) is 1. The minimum absolute atomic E-state index is 0.0929. The van der Waals surface area contributed by atoms with E-state index in [-0.39, 0.29) is 17.9 Å². The zero-order valence-corrected chi connectivity index (χ0v) is 12.9. The van der Waals surface area contributed by atoms with Crippen LogP contribution in [0.5, 0.6) is 0 Å². The van der Waals surface area contributed by atoms with Crippen molar-refractivity contribution in [1.29, 1.82) is 0 Å². The number of hydrogen-bond acceptors (Lipinski definition) is 3. The molecule has 0 unspecified atom stereocenters. The van der Waals surface area contributed by atoms with Crippen LogP contribution in [-0.2, 0) is 6.42 Å². The Balaban J connectivity index is 1.57. The number of amides is 1. The zero-order chi connectivity index (χ0) is 17.8. The molecular weight excluding hydrogens is 333 g/mol. The molecule has 7 heteroatoms. The molecule has 0 spiro atoms. The van der Waals surface area contributed by atoms with Crippen LogP contribution >= 0.6 is 0 Å². The third kappa shape index (κ3) is 4.26. The second-order valence-corrected chi connectivity index (χ2v) is 5.31. The number of benzene rings is 2. The van der Waals surface area contributed by atoms with Crippen molar-refractivity contribution in [3.05, 3.63) is 77.4 Å². The number of carbonyl (C=O) groups is 1. The van der Waals surface area contributed by atoms with Crippen molar-refractivity contribution < 1.29 is 22.4 Å². The van der Waals surface area contributed by atoms with Crippen molar-refractivity contribution in [2.24, 2.45) is 0 Å². The molecule has 0 aliphatic heterocycles. The molecule has 0 bridgehead atoms. The topological polar surface area (TPSA) is 55.1 Å². The van der Waals surface area contributed by atoms with E-state index < -0.39 is 17.5 Å². The van der Waals surface area contributed by atoms with Gasteiger partial charge in [0.05, 0.1) is 5.69 Å². The summed E-state index contributed by atoms with van der Waals surface area (Å²) in [5.41, 5.74) is 1.13. The molecule has 0 saturated carbocycles. The maximum Gasteiger partial charge on any atom is 0.251 e. The number of hydrogen-bond donors (Lipinski definition) is 1. The monoisotopic (exact) mass is 346 g/mol. The molecule has 3 rings (SSSR count). The predicted octanol–water partition coefficient (Wildman–Crippen LogP) is 3.73. The van der Waals surface area contributed by atoms with Crippen molar-refractivity contribution in [2.75, 3.05) is 6.54 Å². The van der Waals surface area contributed by atoms with Gasteiger partial charge in [0.2, 0.25) is 5.89 Å². The van der Waals surface area contributed by atoms with Gasteiger partial charge in [-0.25, -0.2) is 18.2 Å². The number of carbonyl (C=O) groups excluding carboxylic acids is 1. The number of nitrogens with one attached hydrogen (secondary N) is 1. The molecule has 0 aliphatic rings. The fourth-order valence-corrected chi connectivity index (χ4v) is 2.24. The molecule has 3 aromatic rings. The fourth-order valence-electron chi connectivity index (χ4n) is 2.24. The number of aromatic nitrogens is 1. The first kappa shape index (κ1) is 16.8. The summed E-state index contributed by atoms with van der Waals surface area (Å²) in [6.45, 7) is 0.215. The minimum atomic E-state index is -0.814. The second-order valence-electron chi connectivity index (χ2n) is 5.31. The SMILES string of the molecule is O=C(NCCc1coc(-c2ccc(F)cc2)n1)c1cc(F)cc(F)c1. The van der Waals surface area contributed by atoms with E-state index >= 15 is 0 Å². The van der Waals surface area contributed by atoms with E-state index in [2.05, 4.69) is 10.3 Å². The Hall–Kier alpha value is -3.09. The van der Waals surface area contributed by atoms with Gasteiger partial charge in [-0.1, -0.05) is 0 Å². The van der Waals surface area contributed by atoms with Crippen LogP contribution in [0.4, 0.5) is 13.2 Å². The van der Waals surface area contributed by atoms with E-state index in [1.54, 1.807) is 12.1 Å². The summed E-state index contributed by atoms with van der Waals surface area (Å²) >= 11 is 0. The highest BCUT2D eigenvalue weighted by molar-refractivity contribution is 5.94. The summed E-state index contributed by atoms with van der Waals surface area (Å²) in [4.78, 5) is 16.1. The molecule has 1 N–H and O–H groups in total. The van der Waals surface area contributed by atoms with Gasteiger partial charge in [0.1, 0.15) is 23.7 Å². The van der Waals surface area contributed by atoms with Crippen molar-refractivity contribution in [2.45, 2.75) is 6.42 Å². The van der Waals surface area contributed by atoms with Crippen LogP contribution in [-0.4, -0.2) is 17.4 Å². The van der Waals surface area contributed by atoms with Crippen LogP contribution in [0.2, 0.25) is 0 Å². The standard InChI is InChI=1S/C18H13F3N2O2/c19-13-3-1-11(2-4-13)18-23-16(10-25-18)5-6-22-17(24)12-7-14(20)9-15(21)8-12/h1-4,7-10H,5-6H2,(H,22,24). The smallest absolute Gasteiger partial charge is 0.251 e. The van der Waals surface area contributed by atoms with Gasteiger partial charge in [-0.3, -0.25) is 4.79 Å². The van der Waals surface area contributed by atoms with Gasteiger partial charge < -0.3 is 9.73 Å². The Kier molecular flexibility index (Phi) is 4.83. The molecule has 2 aromatic carbocycles. The van der Waals surface area contributed by atoms with Gasteiger partial charge in [0.25, 0.3) is 5.91 Å². The molecule has 0 radical (unpaired) electrons. The molecule has 0 fully saturated rings. The summed E-state index contributed by atoms with van der Waals surface area (Å²) < 4.78 is 44.4. The average Bonchev–Trinajstić information content (AvgIpc) is 3.03. The normalized spacial score (nSPS) is 10.7. The van der Waals surface area contributed by atoms with Gasteiger partial charge >= 0.3 is 0 Å². The van der Waals surface area contributed by atoms with Crippen LogP contribution in [0, 0.1) is 17.5 Å². The lowest BCUT2D eigenvalue weighted by atomic mass is 10.2. The summed E-state index contributed by atoms with van der Waals surface area (Å²) in [5.74, 6) is -2.22. The first-order chi connectivity index (χ1) is 12.0. The van der Waals surface area contributed by atoms with E-state index in [1.165, 1.54) is 18.4 Å². The van der Waals surface area contributed by atoms with Crippen molar-refractivity contribution in [3.8, 4) is 11.5 Å². The number of halogens is 3. The molecule has 128 valence electrons. The molecule has 0 aliphatic carbocycles. The molecular formula is C18H13F3N2O2. The summed E-state index contributed by atoms with van der Waals surface area (Å²) in [6, 6.07) is 8.32. The molecule has 0 saturated heterocycles. The predicted molar refractivity (Wildman–Crippen MR) is 84.3 cm³/mol. The highest BCUT2D eigenvalue weighted by Gasteiger charge is 2.10. The Labute approximate surface area is 141 Å². The first-order valence-electron chi connectivity index (χ1n) is 7.46. The Bertz CT molecular complexity index is 871. The summed E-state index contributed by atoms with van der Waals surface area (Å²) in [6.07, 6.45) is 1.81. The second kappa shape index (κ2) is 7.21. The van der Waals surface area contributed by atoms with Gasteiger partial charge in [-0.2, -0.15) is 0 Å². The van der Waals surface area contributed by atoms with E-state index in [4.69, 9.17) is 4.42 Å². The molecule has 1 amide bonds. The maximum absolute atomic E-state index is 13.1. The fraction of sp³-hybridized carbons (Fsp3) is 0.111. The van der Waals surface area contributed by atoms with Crippen LogP contribution < -0.4 is 5.32 Å². The molecule has 4 nitrogen and oxygen atoms in total. The molecule has 0 atom stereocenters. The third-order valence-electron chi connectivity index (χ3n) is 3.43. The zero-order valence-electron chi connectivity index (χ0n) is 12.9. The summed E-state index contributed by atoms with van der Waals surface area (Å²) in [5, 5.41) is 2.55. The van der Waals surface area contributed by atoms with Crippen molar-refractivity contribution in [1.82, 2.24) is 10.3 Å². The Morgan fingerprint density at radius 2 is 1.68 bits per heavy atom. The van der Waals surface area contributed by atoms with E-state index in [1.807, 2.05) is 0 Å². The first-order valence-corrected chi connectivity index (χ1v) is 7.46. The maximum atomic E-state index is 13.1. The van der Waals surface area contributed by atoms with Gasteiger partial charge in [0, 0.05) is 30.2 Å². The Morgan fingerprint density at radius 3 is 2.36 bits per heavy atom. The van der Waals surface area contributed by atoms with Crippen molar-refractivity contribution in [3.63, 3.8) is 0 Å². The highest BCUT2D eigenvalue weighted by Crippen LogP contribution is 2.19. The van der Waals surface area contributed by atoms with Gasteiger partial charge in [-0.15, -0.1) is 0 Å². The lowest BCUT2D eigenvalue weighted by Crippen LogP contribution is -2.26. The number of rotatable bonds is 5. The van der Waals surface area contributed by atoms with Gasteiger partial charge in [0.15, 0.2) is 0 Å². The van der Waals surface area contributed by atoms with E-state index in [0.29, 0.717) is 29.6 Å². The van der Waals surface area contributed by atoms with Crippen molar-refractivity contribution >= 4 is 5.91 Å². The Morgan fingerprint density at radius 1 is 1.00 bits per heavy atom. The number of oxazole rings is 1. The minimum Gasteiger partial charge on any atom is -0.444 e. The lowest BCUT2D eigenvalue weighted by Gasteiger charge is -2.04.